The molecule has 3 heterocycles. The van der Waals surface area contributed by atoms with Crippen LogP contribution < -0.4 is 5.76 Å². The van der Waals surface area contributed by atoms with E-state index < -0.39 is 5.76 Å². The zero-order chi connectivity index (χ0) is 22.5. The molecular weight excluding hydrogens is 434 g/mol. The first-order valence-electron chi connectivity index (χ1n) is 10.4. The highest BCUT2D eigenvalue weighted by Gasteiger charge is 2.50. The molecule has 2 amide bonds. The minimum Gasteiger partial charge on any atom is -0.445 e. The summed E-state index contributed by atoms with van der Waals surface area (Å²) in [5, 5.41) is 0.619. The van der Waals surface area contributed by atoms with Crippen molar-refractivity contribution < 1.29 is 18.7 Å². The van der Waals surface area contributed by atoms with Gasteiger partial charge in [0.2, 0.25) is 0 Å². The predicted octanol–water partition coefficient (Wildman–Crippen LogP) is 3.57. The van der Waals surface area contributed by atoms with Crippen molar-refractivity contribution >= 4 is 34.7 Å². The van der Waals surface area contributed by atoms with Gasteiger partial charge in [-0.15, -0.1) is 0 Å². The predicted molar refractivity (Wildman–Crippen MR) is 118 cm³/mol. The molecule has 9 heteroatoms. The van der Waals surface area contributed by atoms with Gasteiger partial charge in [0, 0.05) is 42.2 Å². The van der Waals surface area contributed by atoms with Crippen LogP contribution in [-0.2, 0) is 11.3 Å². The van der Waals surface area contributed by atoms with Gasteiger partial charge in [0.1, 0.15) is 6.61 Å². The molecule has 3 aromatic rings. The number of benzene rings is 2. The zero-order valence-electron chi connectivity index (χ0n) is 17.5. The first kappa shape index (κ1) is 20.6. The van der Waals surface area contributed by atoms with Crippen LogP contribution in [0.15, 0.2) is 45.6 Å². The second kappa shape index (κ2) is 7.70. The monoisotopic (exact) mass is 455 g/mol. The average Bonchev–Trinajstić information content (AvgIpc) is 3.32. The number of hydrogen-bond acceptors (Lipinski definition) is 5. The lowest BCUT2D eigenvalue weighted by atomic mass is 9.78. The van der Waals surface area contributed by atoms with E-state index in [0.717, 1.165) is 17.5 Å². The van der Waals surface area contributed by atoms with Crippen molar-refractivity contribution in [2.75, 3.05) is 26.2 Å². The largest absolute Gasteiger partial charge is 0.445 e. The molecule has 0 aliphatic carbocycles. The van der Waals surface area contributed by atoms with Crippen molar-refractivity contribution in [3.8, 4) is 0 Å². The molecule has 2 aromatic carbocycles. The van der Waals surface area contributed by atoms with Crippen LogP contribution in [0, 0.1) is 12.3 Å². The molecule has 2 aliphatic rings. The summed E-state index contributed by atoms with van der Waals surface area (Å²) in [5.74, 6) is -0.658. The Labute approximate surface area is 188 Å². The summed E-state index contributed by atoms with van der Waals surface area (Å²) in [7, 11) is 0. The van der Waals surface area contributed by atoms with E-state index in [1.54, 1.807) is 34.1 Å². The summed E-state index contributed by atoms with van der Waals surface area (Å²) in [6.07, 6.45) is 0.477. The third-order valence-corrected chi connectivity index (χ3v) is 6.39. The van der Waals surface area contributed by atoms with Gasteiger partial charge in [-0.25, -0.2) is 9.59 Å². The van der Waals surface area contributed by atoms with Crippen LogP contribution in [0.2, 0.25) is 5.02 Å². The Kier molecular flexibility index (Phi) is 4.97. The lowest BCUT2D eigenvalue weighted by Crippen LogP contribution is -2.59. The smallest absolute Gasteiger partial charge is 0.417 e. The fourth-order valence-corrected chi connectivity index (χ4v) is 4.96. The highest BCUT2D eigenvalue weighted by molar-refractivity contribution is 6.30. The first-order chi connectivity index (χ1) is 15.3. The van der Waals surface area contributed by atoms with Gasteiger partial charge in [0.25, 0.3) is 5.91 Å². The molecule has 8 nitrogen and oxygen atoms in total. The van der Waals surface area contributed by atoms with E-state index in [1.807, 2.05) is 19.1 Å². The maximum atomic E-state index is 12.8. The van der Waals surface area contributed by atoms with Crippen molar-refractivity contribution in [2.24, 2.45) is 5.41 Å². The number of amides is 2. The van der Waals surface area contributed by atoms with E-state index >= 15 is 0 Å². The number of carbonyl (C=O) groups is 2. The third-order valence-electron chi connectivity index (χ3n) is 6.17. The topological polar surface area (TPSA) is 95.9 Å². The summed E-state index contributed by atoms with van der Waals surface area (Å²) < 4.78 is 10.5. The van der Waals surface area contributed by atoms with Gasteiger partial charge in [0.05, 0.1) is 5.52 Å². The van der Waals surface area contributed by atoms with Crippen LogP contribution in [0.3, 0.4) is 0 Å². The zero-order valence-corrected chi connectivity index (χ0v) is 18.3. The van der Waals surface area contributed by atoms with Crippen LogP contribution in [0.5, 0.6) is 0 Å². The molecule has 0 bridgehead atoms. The number of rotatable bonds is 3. The van der Waals surface area contributed by atoms with E-state index in [-0.39, 0.29) is 24.0 Å². The van der Waals surface area contributed by atoms with Crippen LogP contribution >= 0.6 is 11.6 Å². The van der Waals surface area contributed by atoms with Crippen molar-refractivity contribution in [1.29, 1.82) is 0 Å². The number of oxazole rings is 1. The summed E-state index contributed by atoms with van der Waals surface area (Å²) in [6, 6.07) is 10.5. The summed E-state index contributed by atoms with van der Waals surface area (Å²) in [6.45, 7) is 4.45. The number of aromatic nitrogens is 1. The maximum Gasteiger partial charge on any atom is 0.417 e. The quantitative estimate of drug-likeness (QED) is 0.651. The average molecular weight is 456 g/mol. The van der Waals surface area contributed by atoms with Gasteiger partial charge in [-0.2, -0.15) is 0 Å². The summed E-state index contributed by atoms with van der Waals surface area (Å²) in [4.78, 5) is 42.7. The maximum absolute atomic E-state index is 12.8. The SMILES string of the molecule is Cc1cc(Cl)cc(COC(=O)N2CCC3(C2)CN(C(=O)c2ccc4[nH]c(=O)oc4c2)C3)c1. The number of H-pyrrole nitrogens is 1. The van der Waals surface area contributed by atoms with Gasteiger partial charge in [-0.1, -0.05) is 17.7 Å². The van der Waals surface area contributed by atoms with E-state index in [4.69, 9.17) is 20.8 Å². The number of nitrogens with zero attached hydrogens (tertiary/aromatic N) is 2. The molecule has 2 fully saturated rings. The number of likely N-dealkylation sites (tertiary alicyclic amines) is 2. The second-order valence-electron chi connectivity index (χ2n) is 8.75. The van der Waals surface area contributed by atoms with Gasteiger partial charge >= 0.3 is 11.8 Å². The third kappa shape index (κ3) is 3.86. The lowest BCUT2D eigenvalue weighted by Gasteiger charge is -2.47. The van der Waals surface area contributed by atoms with E-state index in [0.29, 0.717) is 47.9 Å². The fraction of sp³-hybridized carbons (Fsp3) is 0.348. The summed E-state index contributed by atoms with van der Waals surface area (Å²) >= 11 is 6.07. The Bertz CT molecular complexity index is 1250. The minimum atomic E-state index is -0.545. The van der Waals surface area contributed by atoms with Crippen molar-refractivity contribution in [3.05, 3.63) is 68.7 Å². The molecular formula is C23H22ClN3O5. The molecule has 0 saturated carbocycles. The number of halogens is 1. The van der Waals surface area contributed by atoms with Gasteiger partial charge in [-0.3, -0.25) is 9.78 Å². The molecule has 5 rings (SSSR count). The molecule has 1 aromatic heterocycles. The Balaban J connectivity index is 1.16. The van der Waals surface area contributed by atoms with Crippen molar-refractivity contribution in [3.63, 3.8) is 0 Å². The molecule has 2 aliphatic heterocycles. The standard InChI is InChI=1S/C23H22ClN3O5/c1-14-6-15(8-17(24)7-14)10-31-22(30)26-5-4-23(11-26)12-27(13-23)20(28)16-2-3-18-19(9-16)32-21(29)25-18/h2-3,6-9H,4-5,10-13H2,1H3,(H,25,29). The minimum absolute atomic E-state index is 0.0912. The molecule has 0 atom stereocenters. The summed E-state index contributed by atoms with van der Waals surface area (Å²) in [5.41, 5.74) is 3.17. The Hall–Kier alpha value is -3.26. The fourth-order valence-electron chi connectivity index (χ4n) is 4.65. The van der Waals surface area contributed by atoms with Gasteiger partial charge in [-0.05, 0) is 54.8 Å². The Morgan fingerprint density at radius 3 is 2.72 bits per heavy atom. The number of aromatic amines is 1. The number of aryl methyl sites for hydroxylation is 1. The number of ether oxygens (including phenoxy) is 1. The molecule has 0 unspecified atom stereocenters. The number of nitrogens with one attached hydrogen (secondary N) is 1. The van der Waals surface area contributed by atoms with Crippen LogP contribution in [0.4, 0.5) is 4.79 Å². The first-order valence-corrected chi connectivity index (χ1v) is 10.8. The number of fused-ring (bicyclic) bond motifs is 1. The Morgan fingerprint density at radius 2 is 1.94 bits per heavy atom. The van der Waals surface area contributed by atoms with Crippen molar-refractivity contribution in [1.82, 2.24) is 14.8 Å². The molecule has 166 valence electrons. The molecule has 0 radical (unpaired) electrons. The molecule has 2 saturated heterocycles. The highest BCUT2D eigenvalue weighted by Crippen LogP contribution is 2.40. The number of hydrogen-bond donors (Lipinski definition) is 1. The van der Waals surface area contributed by atoms with Crippen LogP contribution in [0.1, 0.15) is 27.9 Å². The van der Waals surface area contributed by atoms with Crippen LogP contribution in [0.25, 0.3) is 11.1 Å². The van der Waals surface area contributed by atoms with Crippen LogP contribution in [-0.4, -0.2) is 53.0 Å². The lowest BCUT2D eigenvalue weighted by molar-refractivity contribution is 0.0101. The molecule has 1 N–H and O–H groups in total. The van der Waals surface area contributed by atoms with Gasteiger partial charge < -0.3 is 19.0 Å². The van der Waals surface area contributed by atoms with E-state index in [9.17, 15) is 14.4 Å². The highest BCUT2D eigenvalue weighted by atomic mass is 35.5. The van der Waals surface area contributed by atoms with Crippen molar-refractivity contribution in [2.45, 2.75) is 20.0 Å². The Morgan fingerprint density at radius 1 is 1.16 bits per heavy atom. The molecule has 1 spiro atoms. The normalized spacial score (nSPS) is 17.1. The van der Waals surface area contributed by atoms with E-state index in [1.165, 1.54) is 0 Å². The number of carbonyl (C=O) groups excluding carboxylic acids is 2. The molecule has 32 heavy (non-hydrogen) atoms. The van der Waals surface area contributed by atoms with Gasteiger partial charge in [0.15, 0.2) is 5.58 Å². The van der Waals surface area contributed by atoms with E-state index in [2.05, 4.69) is 4.98 Å². The second-order valence-corrected chi connectivity index (χ2v) is 9.19.